The average Bonchev–Trinajstić information content (AvgIpc) is 2.68. The molecule has 0 amide bonds. The monoisotopic (exact) mass is 323 g/mol. The van der Waals surface area contributed by atoms with Crippen molar-refractivity contribution in [2.45, 2.75) is 18.6 Å². The van der Waals surface area contributed by atoms with Crippen LogP contribution in [0.2, 0.25) is 0 Å². The molecule has 0 radical (unpaired) electrons. The van der Waals surface area contributed by atoms with Crippen LogP contribution in [0.1, 0.15) is 12.0 Å². The number of likely N-dealkylation sites (N-methyl/N-ethyl adjacent to an activating group) is 1. The summed E-state index contributed by atoms with van der Waals surface area (Å²) in [7, 11) is 4.06. The lowest BCUT2D eigenvalue weighted by molar-refractivity contribution is 0.191. The Kier molecular flexibility index (Phi) is 4.46. The molecule has 1 aromatic carbocycles. The Morgan fingerprint density at radius 1 is 1.47 bits per heavy atom. The minimum atomic E-state index is -0.297. The third-order valence-corrected chi connectivity index (χ3v) is 3.77. The van der Waals surface area contributed by atoms with Gasteiger partial charge in [-0.2, -0.15) is 5.26 Å². The van der Waals surface area contributed by atoms with Gasteiger partial charge < -0.3 is 14.9 Å². The highest BCUT2D eigenvalue weighted by molar-refractivity contribution is 9.10. The molecular formula is C14H18BrN3O. The summed E-state index contributed by atoms with van der Waals surface area (Å²) in [4.78, 5) is 4.31. The van der Waals surface area contributed by atoms with Crippen LogP contribution in [-0.2, 0) is 0 Å². The van der Waals surface area contributed by atoms with Gasteiger partial charge in [0, 0.05) is 29.3 Å². The van der Waals surface area contributed by atoms with Gasteiger partial charge in [0.15, 0.2) is 0 Å². The summed E-state index contributed by atoms with van der Waals surface area (Å²) in [6.07, 6.45) is 0.474. The highest BCUT2D eigenvalue weighted by atomic mass is 79.9. The van der Waals surface area contributed by atoms with Gasteiger partial charge in [-0.05, 0) is 38.7 Å². The van der Waals surface area contributed by atoms with Gasteiger partial charge in [-0.3, -0.25) is 0 Å². The van der Waals surface area contributed by atoms with Crippen molar-refractivity contribution in [3.8, 4) is 6.07 Å². The first kappa shape index (κ1) is 14.3. The van der Waals surface area contributed by atoms with Crippen molar-refractivity contribution in [3.05, 3.63) is 28.2 Å². The molecule has 1 aromatic rings. The van der Waals surface area contributed by atoms with E-state index in [0.29, 0.717) is 12.1 Å². The van der Waals surface area contributed by atoms with Crippen LogP contribution in [0, 0.1) is 11.3 Å². The van der Waals surface area contributed by atoms with Gasteiger partial charge in [0.1, 0.15) is 0 Å². The fourth-order valence-electron chi connectivity index (χ4n) is 2.61. The number of β-amino-alcohol motifs (C(OH)–C–C–N with tert-alkyl or cyclic N) is 1. The van der Waals surface area contributed by atoms with E-state index in [0.717, 1.165) is 23.1 Å². The number of rotatable bonds is 3. The Bertz CT molecular complexity index is 498. The van der Waals surface area contributed by atoms with Crippen molar-refractivity contribution >= 4 is 21.6 Å². The molecule has 0 bridgehead atoms. The van der Waals surface area contributed by atoms with Crippen molar-refractivity contribution in [1.82, 2.24) is 4.90 Å². The lowest BCUT2D eigenvalue weighted by Gasteiger charge is -2.29. The minimum Gasteiger partial charge on any atom is -0.391 e. The predicted octanol–water partition coefficient (Wildman–Crippen LogP) is 1.82. The van der Waals surface area contributed by atoms with Crippen molar-refractivity contribution in [1.29, 1.82) is 5.26 Å². The summed E-state index contributed by atoms with van der Waals surface area (Å²) < 4.78 is 0.895. The van der Waals surface area contributed by atoms with Crippen LogP contribution in [-0.4, -0.2) is 49.3 Å². The standard InChI is InChI=1S/C14H18BrN3O/c1-17(2)8-13-6-14(19)9-18(13)12-4-10(7-16)3-11(15)5-12/h3-5,13-14,19H,6,8-9H2,1-2H3. The van der Waals surface area contributed by atoms with E-state index in [-0.39, 0.29) is 12.1 Å². The van der Waals surface area contributed by atoms with Gasteiger partial charge in [0.2, 0.25) is 0 Å². The maximum atomic E-state index is 9.90. The maximum absolute atomic E-state index is 9.90. The zero-order valence-electron chi connectivity index (χ0n) is 11.2. The Hall–Kier alpha value is -1.09. The van der Waals surface area contributed by atoms with Gasteiger partial charge in [-0.15, -0.1) is 0 Å². The van der Waals surface area contributed by atoms with Crippen molar-refractivity contribution in [2.24, 2.45) is 0 Å². The summed E-state index contributed by atoms with van der Waals surface area (Å²) in [5, 5.41) is 18.9. The Morgan fingerprint density at radius 2 is 2.21 bits per heavy atom. The van der Waals surface area contributed by atoms with Gasteiger partial charge >= 0.3 is 0 Å². The molecule has 1 aliphatic heterocycles. The van der Waals surface area contributed by atoms with E-state index >= 15 is 0 Å². The normalized spacial score (nSPS) is 22.8. The second-order valence-electron chi connectivity index (χ2n) is 5.27. The SMILES string of the molecule is CN(C)CC1CC(O)CN1c1cc(Br)cc(C#N)c1. The molecule has 102 valence electrons. The number of benzene rings is 1. The minimum absolute atomic E-state index is 0.283. The Morgan fingerprint density at radius 3 is 2.84 bits per heavy atom. The van der Waals surface area contributed by atoms with Crippen LogP contribution in [0.4, 0.5) is 5.69 Å². The van der Waals surface area contributed by atoms with Crippen LogP contribution in [0.15, 0.2) is 22.7 Å². The summed E-state index contributed by atoms with van der Waals surface area (Å²) in [6.45, 7) is 1.52. The highest BCUT2D eigenvalue weighted by Gasteiger charge is 2.31. The van der Waals surface area contributed by atoms with Crippen molar-refractivity contribution in [2.75, 3.05) is 32.1 Å². The molecule has 1 fully saturated rings. The number of halogens is 1. The van der Waals surface area contributed by atoms with Gasteiger partial charge in [-0.25, -0.2) is 0 Å². The Labute approximate surface area is 122 Å². The fourth-order valence-corrected chi connectivity index (χ4v) is 3.09. The maximum Gasteiger partial charge on any atom is 0.0992 e. The third-order valence-electron chi connectivity index (χ3n) is 3.31. The number of hydrogen-bond acceptors (Lipinski definition) is 4. The Balaban J connectivity index is 2.28. The molecule has 1 aliphatic rings. The first-order chi connectivity index (χ1) is 8.99. The molecule has 0 saturated carbocycles. The highest BCUT2D eigenvalue weighted by Crippen LogP contribution is 2.29. The molecular weight excluding hydrogens is 306 g/mol. The molecule has 0 aliphatic carbocycles. The van der Waals surface area contributed by atoms with Gasteiger partial charge in [0.05, 0.1) is 17.7 Å². The van der Waals surface area contributed by atoms with Crippen molar-refractivity contribution in [3.63, 3.8) is 0 Å². The second-order valence-corrected chi connectivity index (χ2v) is 6.18. The smallest absolute Gasteiger partial charge is 0.0992 e. The molecule has 5 heteroatoms. The van der Waals surface area contributed by atoms with E-state index in [1.807, 2.05) is 26.2 Å². The average molecular weight is 324 g/mol. The van der Waals surface area contributed by atoms with Crippen LogP contribution in [0.3, 0.4) is 0 Å². The van der Waals surface area contributed by atoms with E-state index in [1.54, 1.807) is 6.07 Å². The zero-order valence-corrected chi connectivity index (χ0v) is 12.8. The lowest BCUT2D eigenvalue weighted by Crippen LogP contribution is -2.37. The molecule has 2 atom stereocenters. The topological polar surface area (TPSA) is 50.5 Å². The van der Waals surface area contributed by atoms with E-state index in [2.05, 4.69) is 31.8 Å². The number of aliphatic hydroxyl groups excluding tert-OH is 1. The molecule has 0 spiro atoms. The van der Waals surface area contributed by atoms with E-state index < -0.39 is 0 Å². The third kappa shape index (κ3) is 3.47. The van der Waals surface area contributed by atoms with E-state index in [1.165, 1.54) is 0 Å². The van der Waals surface area contributed by atoms with Crippen LogP contribution in [0.25, 0.3) is 0 Å². The number of anilines is 1. The molecule has 0 aromatic heterocycles. The van der Waals surface area contributed by atoms with Crippen molar-refractivity contribution < 1.29 is 5.11 Å². The summed E-state index contributed by atoms with van der Waals surface area (Å²) in [6, 6.07) is 8.14. The summed E-state index contributed by atoms with van der Waals surface area (Å²) in [5.74, 6) is 0. The van der Waals surface area contributed by atoms with Crippen LogP contribution in [0.5, 0.6) is 0 Å². The molecule has 1 N–H and O–H groups in total. The quantitative estimate of drug-likeness (QED) is 0.921. The van der Waals surface area contributed by atoms with E-state index in [9.17, 15) is 5.11 Å². The van der Waals surface area contributed by atoms with Crippen LogP contribution < -0.4 is 4.90 Å². The zero-order chi connectivity index (χ0) is 14.0. The van der Waals surface area contributed by atoms with E-state index in [4.69, 9.17) is 5.26 Å². The van der Waals surface area contributed by atoms with Crippen LogP contribution >= 0.6 is 15.9 Å². The van der Waals surface area contributed by atoms with Gasteiger partial charge in [-0.1, -0.05) is 15.9 Å². The first-order valence-corrected chi connectivity index (χ1v) is 7.09. The number of nitriles is 1. The first-order valence-electron chi connectivity index (χ1n) is 6.29. The molecule has 2 unspecified atom stereocenters. The predicted molar refractivity (Wildman–Crippen MR) is 79.2 cm³/mol. The second kappa shape index (κ2) is 5.91. The van der Waals surface area contributed by atoms with Gasteiger partial charge in [0.25, 0.3) is 0 Å². The molecule has 2 rings (SSSR count). The molecule has 4 nitrogen and oxygen atoms in total. The summed E-state index contributed by atoms with van der Waals surface area (Å²) >= 11 is 3.44. The molecule has 1 saturated heterocycles. The lowest BCUT2D eigenvalue weighted by atomic mass is 10.1. The number of nitrogens with zero attached hydrogens (tertiary/aromatic N) is 3. The fraction of sp³-hybridized carbons (Fsp3) is 0.500. The molecule has 1 heterocycles. The molecule has 19 heavy (non-hydrogen) atoms. The number of aliphatic hydroxyl groups is 1. The number of hydrogen-bond donors (Lipinski definition) is 1. The largest absolute Gasteiger partial charge is 0.391 e. The summed E-state index contributed by atoms with van der Waals surface area (Å²) in [5.41, 5.74) is 1.63.